The van der Waals surface area contributed by atoms with Crippen molar-refractivity contribution in [3.63, 3.8) is 0 Å². The largest absolute Gasteiger partial charge is 0.507 e. The Morgan fingerprint density at radius 3 is 2.50 bits per heavy atom. The normalized spacial score (nSPS) is 22.9. The summed E-state index contributed by atoms with van der Waals surface area (Å²) in [6.45, 7) is 7.12. The summed E-state index contributed by atoms with van der Waals surface area (Å²) in [5.74, 6) is -0.987. The number of para-hydroxylation sites is 1. The van der Waals surface area contributed by atoms with E-state index in [4.69, 9.17) is 0 Å². The van der Waals surface area contributed by atoms with Gasteiger partial charge in [0.25, 0.3) is 11.8 Å². The van der Waals surface area contributed by atoms with Crippen LogP contribution in [0.4, 0.5) is 17.2 Å². The molecule has 14 heteroatoms. The van der Waals surface area contributed by atoms with Crippen molar-refractivity contribution >= 4 is 40.8 Å². The quantitative estimate of drug-likeness (QED) is 0.312. The van der Waals surface area contributed by atoms with Gasteiger partial charge in [-0.1, -0.05) is 18.2 Å². The second-order valence-corrected chi connectivity index (χ2v) is 13.8. The van der Waals surface area contributed by atoms with Crippen LogP contribution in [0.15, 0.2) is 48.5 Å². The monoisotopic (exact) mass is 679 g/mol. The number of aromatic nitrogens is 2. The van der Waals surface area contributed by atoms with E-state index in [9.17, 15) is 24.3 Å². The number of hydrogen-bond donors (Lipinski definition) is 3. The van der Waals surface area contributed by atoms with Crippen molar-refractivity contribution in [2.24, 2.45) is 0 Å². The number of hydrogen-bond acceptors (Lipinski definition) is 12. The molecule has 1 unspecified atom stereocenters. The predicted molar refractivity (Wildman–Crippen MR) is 186 cm³/mol. The number of likely N-dealkylation sites (tertiary alicyclic amines) is 1. The van der Waals surface area contributed by atoms with Crippen LogP contribution in [0.2, 0.25) is 0 Å². The van der Waals surface area contributed by atoms with Crippen LogP contribution in [-0.2, 0) is 9.59 Å². The van der Waals surface area contributed by atoms with Gasteiger partial charge in [-0.15, -0.1) is 10.2 Å². The Labute approximate surface area is 290 Å². The number of piperazine rings is 1. The van der Waals surface area contributed by atoms with Gasteiger partial charge in [0.2, 0.25) is 11.8 Å². The minimum absolute atomic E-state index is 0.0914. The van der Waals surface area contributed by atoms with Crippen LogP contribution in [0.3, 0.4) is 0 Å². The fourth-order valence-corrected chi connectivity index (χ4v) is 8.20. The standard InChI is InChI=1S/C36H41N9O5/c1-41(27-7-4-6-25-32(27)36(50)45(35(25)49)28-9-10-31(47)38-34(28)48)15-16-42-13-11-22(12-14-42)43-17-18-44-23(21-43)20-37-33-29(44)19-26(39-40-33)24-5-2-3-8-30(24)46/h2-8,19,22-23,28,46H,9-18,20-21H2,1H3,(H,37,40)(H,38,47,48)/t23-,28?/m0/s1. The Hall–Kier alpha value is -5.08. The zero-order chi connectivity index (χ0) is 34.5. The molecule has 8 rings (SSSR count). The number of benzene rings is 2. The van der Waals surface area contributed by atoms with Crippen LogP contribution in [-0.4, -0.2) is 131 Å². The number of phenolic OH excluding ortho intramolecular Hbond substituents is 1. The number of carbonyl (C=O) groups excluding carboxylic acids is 4. The number of nitrogens with zero attached hydrogens (tertiary/aromatic N) is 7. The molecule has 0 radical (unpaired) electrons. The molecule has 3 fully saturated rings. The van der Waals surface area contributed by atoms with Gasteiger partial charge >= 0.3 is 0 Å². The molecular formula is C36H41N9O5. The summed E-state index contributed by atoms with van der Waals surface area (Å²) in [7, 11) is 1.93. The zero-order valence-corrected chi connectivity index (χ0v) is 28.0. The van der Waals surface area contributed by atoms with Gasteiger partial charge in [-0.25, -0.2) is 0 Å². The summed E-state index contributed by atoms with van der Waals surface area (Å²) < 4.78 is 0. The van der Waals surface area contributed by atoms with Crippen molar-refractivity contribution in [3.8, 4) is 17.0 Å². The lowest BCUT2D eigenvalue weighted by Crippen LogP contribution is -2.61. The first-order valence-electron chi connectivity index (χ1n) is 17.5. The molecule has 260 valence electrons. The van der Waals surface area contributed by atoms with E-state index >= 15 is 0 Å². The topological polar surface area (TPSA) is 155 Å². The summed E-state index contributed by atoms with van der Waals surface area (Å²) in [6, 6.07) is 14.4. The number of amides is 4. The van der Waals surface area contributed by atoms with E-state index in [1.54, 1.807) is 24.3 Å². The lowest BCUT2D eigenvalue weighted by Gasteiger charge is -2.49. The van der Waals surface area contributed by atoms with Gasteiger partial charge in [-0.2, -0.15) is 0 Å². The van der Waals surface area contributed by atoms with Crippen molar-refractivity contribution in [2.75, 3.05) is 74.5 Å². The Bertz CT molecular complexity index is 1860. The van der Waals surface area contributed by atoms with E-state index in [1.165, 1.54) is 0 Å². The number of carbonyl (C=O) groups is 4. The fraction of sp³-hybridized carbons (Fsp3) is 0.444. The van der Waals surface area contributed by atoms with Gasteiger partial charge in [0.15, 0.2) is 5.82 Å². The lowest BCUT2D eigenvalue weighted by molar-refractivity contribution is -0.136. The highest BCUT2D eigenvalue weighted by molar-refractivity contribution is 6.25. The molecule has 0 bridgehead atoms. The maximum Gasteiger partial charge on any atom is 0.264 e. The predicted octanol–water partition coefficient (Wildman–Crippen LogP) is 1.77. The van der Waals surface area contributed by atoms with Gasteiger partial charge in [-0.05, 0) is 62.7 Å². The van der Waals surface area contributed by atoms with Gasteiger partial charge in [0.05, 0.1) is 34.2 Å². The van der Waals surface area contributed by atoms with E-state index in [0.29, 0.717) is 46.7 Å². The highest BCUT2D eigenvalue weighted by atomic mass is 16.3. The van der Waals surface area contributed by atoms with Crippen molar-refractivity contribution in [1.82, 2.24) is 30.2 Å². The van der Waals surface area contributed by atoms with Crippen LogP contribution in [0.1, 0.15) is 46.4 Å². The first-order valence-corrected chi connectivity index (χ1v) is 17.5. The summed E-state index contributed by atoms with van der Waals surface area (Å²) >= 11 is 0. The number of aromatic hydroxyl groups is 1. The minimum atomic E-state index is -0.982. The molecule has 14 nitrogen and oxygen atoms in total. The van der Waals surface area contributed by atoms with Crippen molar-refractivity contribution < 1.29 is 24.3 Å². The molecule has 0 saturated carbocycles. The Balaban J connectivity index is 0.856. The summed E-state index contributed by atoms with van der Waals surface area (Å²) in [6.07, 6.45) is 2.39. The number of imide groups is 2. The average Bonchev–Trinajstić information content (AvgIpc) is 3.39. The molecule has 3 saturated heterocycles. The highest BCUT2D eigenvalue weighted by Gasteiger charge is 2.46. The summed E-state index contributed by atoms with van der Waals surface area (Å²) in [4.78, 5) is 61.6. The fourth-order valence-electron chi connectivity index (χ4n) is 8.20. The van der Waals surface area contributed by atoms with Crippen molar-refractivity contribution in [2.45, 2.75) is 43.8 Å². The summed E-state index contributed by atoms with van der Waals surface area (Å²) in [5, 5.41) is 24.9. The molecule has 0 aliphatic carbocycles. The Kier molecular flexibility index (Phi) is 8.35. The highest BCUT2D eigenvalue weighted by Crippen LogP contribution is 2.37. The number of phenols is 1. The molecular weight excluding hydrogens is 638 g/mol. The molecule has 6 heterocycles. The average molecular weight is 680 g/mol. The second kappa shape index (κ2) is 13.0. The molecule has 4 amide bonds. The molecule has 2 atom stereocenters. The first kappa shape index (κ1) is 32.1. The number of rotatable bonds is 7. The molecule has 0 spiro atoms. The third kappa shape index (κ3) is 5.71. The molecule has 2 aromatic carbocycles. The van der Waals surface area contributed by atoms with Crippen molar-refractivity contribution in [3.05, 3.63) is 59.7 Å². The van der Waals surface area contributed by atoms with E-state index < -0.39 is 23.8 Å². The van der Waals surface area contributed by atoms with E-state index in [2.05, 4.69) is 35.5 Å². The second-order valence-electron chi connectivity index (χ2n) is 13.8. The Morgan fingerprint density at radius 1 is 0.900 bits per heavy atom. The maximum atomic E-state index is 13.6. The van der Waals surface area contributed by atoms with Crippen molar-refractivity contribution in [1.29, 1.82) is 0 Å². The van der Waals surface area contributed by atoms with Crippen LogP contribution in [0.5, 0.6) is 5.75 Å². The van der Waals surface area contributed by atoms with Crippen LogP contribution >= 0.6 is 0 Å². The number of anilines is 3. The molecule has 5 aliphatic heterocycles. The number of fused-ring (bicyclic) bond motifs is 4. The van der Waals surface area contributed by atoms with Gasteiger partial charge in [0, 0.05) is 64.3 Å². The van der Waals surface area contributed by atoms with Crippen LogP contribution in [0, 0.1) is 0 Å². The minimum Gasteiger partial charge on any atom is -0.507 e. The van der Waals surface area contributed by atoms with E-state index in [-0.39, 0.29) is 24.5 Å². The van der Waals surface area contributed by atoms with Gasteiger partial charge < -0.3 is 25.1 Å². The molecule has 5 aliphatic rings. The molecule has 3 N–H and O–H groups in total. The molecule has 3 aromatic rings. The lowest BCUT2D eigenvalue weighted by atomic mass is 9.99. The number of likely N-dealkylation sites (N-methyl/N-ethyl adjacent to an activating group) is 1. The molecule has 1 aromatic heterocycles. The first-order chi connectivity index (χ1) is 24.3. The van der Waals surface area contributed by atoms with Crippen LogP contribution < -0.4 is 20.4 Å². The Morgan fingerprint density at radius 2 is 1.70 bits per heavy atom. The number of nitrogens with one attached hydrogen (secondary N) is 2. The zero-order valence-electron chi connectivity index (χ0n) is 28.0. The third-order valence-corrected chi connectivity index (χ3v) is 11.0. The van der Waals surface area contributed by atoms with E-state index in [0.717, 1.165) is 75.1 Å². The van der Waals surface area contributed by atoms with E-state index in [1.807, 2.05) is 36.2 Å². The van der Waals surface area contributed by atoms with Crippen LogP contribution in [0.25, 0.3) is 11.3 Å². The summed E-state index contributed by atoms with van der Waals surface area (Å²) in [5.41, 5.74) is 3.66. The molecule has 50 heavy (non-hydrogen) atoms. The van der Waals surface area contributed by atoms with Gasteiger partial charge in [0.1, 0.15) is 11.8 Å². The SMILES string of the molecule is CN(CCN1CCC(N2CCN3c4cc(-c5ccccc5O)nnc4NC[C@H]3C2)CC1)c1cccc2c1C(=O)N(C1CCC(=O)NC1=O)C2=O. The maximum absolute atomic E-state index is 13.6. The van der Waals surface area contributed by atoms with Gasteiger partial charge in [-0.3, -0.25) is 34.3 Å². The third-order valence-electron chi connectivity index (χ3n) is 11.0. The number of piperidine rings is 2. The smallest absolute Gasteiger partial charge is 0.264 e.